The number of carboxylic acids is 1. The number of fused-ring (bicyclic) bond motifs is 1. The van der Waals surface area contributed by atoms with Crippen LogP contribution >= 0.6 is 0 Å². The van der Waals surface area contributed by atoms with E-state index in [9.17, 15) is 31.1 Å². The first kappa shape index (κ1) is 25.1. The summed E-state index contributed by atoms with van der Waals surface area (Å²) in [5.41, 5.74) is 5.64. The van der Waals surface area contributed by atoms with Crippen LogP contribution in [0, 0.1) is 17.5 Å². The smallest absolute Gasteiger partial charge is 0.451 e. The first-order valence-electron chi connectivity index (χ1n) is 9.15. The maximum atomic E-state index is 13.7. The topological polar surface area (TPSA) is 114 Å². The number of benzene rings is 1. The number of aliphatic carboxylic acids is 1. The molecule has 1 aromatic carbocycles. The molecule has 0 saturated carbocycles. The van der Waals surface area contributed by atoms with Crippen molar-refractivity contribution in [3.63, 3.8) is 0 Å². The van der Waals surface area contributed by atoms with Crippen LogP contribution < -0.4 is 5.73 Å². The highest BCUT2D eigenvalue weighted by Gasteiger charge is 2.40. The Balaban J connectivity index is 0.000000837. The van der Waals surface area contributed by atoms with Crippen LogP contribution in [0.4, 0.5) is 26.3 Å². The molecule has 8 nitrogen and oxygen atoms in total. The molecule has 2 aromatic rings. The van der Waals surface area contributed by atoms with Gasteiger partial charge in [-0.3, -0.25) is 9.59 Å². The third-order valence-corrected chi connectivity index (χ3v) is 4.37. The molecular formula is C18H19F6N5O3. The summed E-state index contributed by atoms with van der Waals surface area (Å²) in [5, 5.41) is 14.0. The highest BCUT2D eigenvalue weighted by molar-refractivity contribution is 5.76. The molecule has 0 spiro atoms. The fourth-order valence-electron chi connectivity index (χ4n) is 3.01. The first-order valence-corrected chi connectivity index (χ1v) is 9.15. The molecule has 2 heterocycles. The van der Waals surface area contributed by atoms with Crippen LogP contribution in [-0.4, -0.2) is 49.2 Å². The highest BCUT2D eigenvalue weighted by atomic mass is 19.4. The van der Waals surface area contributed by atoms with Crippen LogP contribution in [0.15, 0.2) is 12.1 Å². The number of nitrogens with two attached hydrogens (primary N) is 1. The highest BCUT2D eigenvalue weighted by Crippen LogP contribution is 2.29. The van der Waals surface area contributed by atoms with Gasteiger partial charge in [0.2, 0.25) is 11.7 Å². The minimum absolute atomic E-state index is 0.000783. The Morgan fingerprint density at radius 3 is 2.31 bits per heavy atom. The van der Waals surface area contributed by atoms with Gasteiger partial charge in [0, 0.05) is 38.5 Å². The fraction of sp³-hybridized carbons (Fsp3) is 0.444. The summed E-state index contributed by atoms with van der Waals surface area (Å²) < 4.78 is 79.3. The van der Waals surface area contributed by atoms with Crippen molar-refractivity contribution in [2.45, 2.75) is 45.1 Å². The predicted molar refractivity (Wildman–Crippen MR) is 96.4 cm³/mol. The molecule has 1 amide bonds. The van der Waals surface area contributed by atoms with E-state index < -0.39 is 47.4 Å². The minimum Gasteiger partial charge on any atom is -0.481 e. The fourth-order valence-corrected chi connectivity index (χ4v) is 3.01. The standard InChI is InChI=1S/C16H15F6N5O.C2H4O2/c17-10-6-12(19)11(18)4-8(10)3-9(23)5-14(28)26-1-2-27-13(7-26)24-25-15(27)16(20,21)22;1-2(3)4/h4,6,9H,1-3,5,7,23H2;1H3,(H,3,4). The quantitative estimate of drug-likeness (QED) is 0.526. The molecule has 1 aliphatic rings. The van der Waals surface area contributed by atoms with Gasteiger partial charge in [0.1, 0.15) is 5.82 Å². The average Bonchev–Trinajstić information content (AvgIpc) is 3.09. The van der Waals surface area contributed by atoms with Gasteiger partial charge in [-0.15, -0.1) is 10.2 Å². The van der Waals surface area contributed by atoms with E-state index in [4.69, 9.17) is 15.6 Å². The Morgan fingerprint density at radius 1 is 1.12 bits per heavy atom. The summed E-state index contributed by atoms with van der Waals surface area (Å²) in [5.74, 6) is -5.98. The number of hydrogen-bond donors (Lipinski definition) is 2. The van der Waals surface area contributed by atoms with Crippen molar-refractivity contribution in [3.05, 3.63) is 46.8 Å². The van der Waals surface area contributed by atoms with E-state index in [1.165, 1.54) is 4.90 Å². The molecule has 176 valence electrons. The monoisotopic (exact) mass is 467 g/mol. The summed E-state index contributed by atoms with van der Waals surface area (Å²) >= 11 is 0. The molecule has 0 aliphatic carbocycles. The van der Waals surface area contributed by atoms with Gasteiger partial charge >= 0.3 is 6.18 Å². The van der Waals surface area contributed by atoms with Gasteiger partial charge in [-0.2, -0.15) is 13.2 Å². The van der Waals surface area contributed by atoms with Gasteiger partial charge in [-0.25, -0.2) is 13.2 Å². The minimum atomic E-state index is -4.64. The zero-order chi connectivity index (χ0) is 24.2. The predicted octanol–water partition coefficient (Wildman–Crippen LogP) is 2.11. The molecule has 1 aliphatic heterocycles. The number of halogens is 6. The molecule has 32 heavy (non-hydrogen) atoms. The van der Waals surface area contributed by atoms with Gasteiger partial charge in [0.15, 0.2) is 17.5 Å². The van der Waals surface area contributed by atoms with Crippen molar-refractivity contribution in [2.24, 2.45) is 5.73 Å². The number of carboxylic acid groups (broad SMARTS) is 1. The van der Waals surface area contributed by atoms with Crippen molar-refractivity contribution in [1.82, 2.24) is 19.7 Å². The number of carbonyl (C=O) groups excluding carboxylic acids is 1. The second-order valence-corrected chi connectivity index (χ2v) is 6.95. The summed E-state index contributed by atoms with van der Waals surface area (Å²) in [6, 6.07) is 0.184. The number of amides is 1. The molecular weight excluding hydrogens is 448 g/mol. The third-order valence-electron chi connectivity index (χ3n) is 4.37. The van der Waals surface area contributed by atoms with E-state index in [1.54, 1.807) is 0 Å². The maximum Gasteiger partial charge on any atom is 0.451 e. The van der Waals surface area contributed by atoms with Crippen molar-refractivity contribution in [3.8, 4) is 0 Å². The maximum absolute atomic E-state index is 13.7. The summed E-state index contributed by atoms with van der Waals surface area (Å²) in [6.07, 6.45) is -5.11. The van der Waals surface area contributed by atoms with Crippen molar-refractivity contribution in [1.29, 1.82) is 0 Å². The number of aromatic nitrogens is 3. The lowest BCUT2D eigenvalue weighted by molar-refractivity contribution is -0.148. The zero-order valence-corrected chi connectivity index (χ0v) is 16.7. The molecule has 3 N–H and O–H groups in total. The Kier molecular flexibility index (Phi) is 7.83. The zero-order valence-electron chi connectivity index (χ0n) is 16.7. The largest absolute Gasteiger partial charge is 0.481 e. The van der Waals surface area contributed by atoms with E-state index in [2.05, 4.69) is 10.2 Å². The normalized spacial score (nSPS) is 14.3. The van der Waals surface area contributed by atoms with Crippen LogP contribution in [0.25, 0.3) is 0 Å². The molecule has 0 bridgehead atoms. The van der Waals surface area contributed by atoms with Crippen molar-refractivity contribution in [2.75, 3.05) is 6.54 Å². The second-order valence-electron chi connectivity index (χ2n) is 6.95. The van der Waals surface area contributed by atoms with E-state index in [-0.39, 0.29) is 43.9 Å². The number of rotatable bonds is 4. The van der Waals surface area contributed by atoms with E-state index >= 15 is 0 Å². The van der Waals surface area contributed by atoms with Crippen molar-refractivity contribution >= 4 is 11.9 Å². The van der Waals surface area contributed by atoms with Gasteiger partial charge < -0.3 is 20.3 Å². The molecule has 0 radical (unpaired) electrons. The van der Waals surface area contributed by atoms with Crippen LogP contribution in [0.2, 0.25) is 0 Å². The third kappa shape index (κ3) is 6.42. The molecule has 1 aromatic heterocycles. The Morgan fingerprint density at radius 2 is 1.72 bits per heavy atom. The summed E-state index contributed by atoms with van der Waals surface area (Å²) in [4.78, 5) is 22.6. The van der Waals surface area contributed by atoms with Gasteiger partial charge in [-0.1, -0.05) is 0 Å². The lowest BCUT2D eigenvalue weighted by Crippen LogP contribution is -2.42. The molecule has 0 saturated heterocycles. The van der Waals surface area contributed by atoms with Crippen LogP contribution in [0.1, 0.15) is 30.6 Å². The number of carbonyl (C=O) groups is 2. The average molecular weight is 467 g/mol. The molecule has 1 unspecified atom stereocenters. The van der Waals surface area contributed by atoms with Gasteiger partial charge in [0.25, 0.3) is 5.97 Å². The molecule has 14 heteroatoms. The number of hydrogen-bond acceptors (Lipinski definition) is 5. The van der Waals surface area contributed by atoms with Crippen LogP contribution in [0.5, 0.6) is 0 Å². The van der Waals surface area contributed by atoms with E-state index in [1.807, 2.05) is 0 Å². The Bertz CT molecular complexity index is 990. The Hall–Kier alpha value is -3.16. The number of alkyl halides is 3. The van der Waals surface area contributed by atoms with Gasteiger partial charge in [0.05, 0.1) is 6.54 Å². The lowest BCUT2D eigenvalue weighted by atomic mass is 10.0. The van der Waals surface area contributed by atoms with Crippen molar-refractivity contribution < 1.29 is 41.0 Å². The molecule has 1 atom stereocenters. The van der Waals surface area contributed by atoms with Gasteiger partial charge in [-0.05, 0) is 18.1 Å². The lowest BCUT2D eigenvalue weighted by Gasteiger charge is -2.29. The molecule has 0 fully saturated rings. The summed E-state index contributed by atoms with van der Waals surface area (Å²) in [6.45, 7) is 0.781. The van der Waals surface area contributed by atoms with Crippen LogP contribution in [0.3, 0.4) is 0 Å². The van der Waals surface area contributed by atoms with E-state index in [0.717, 1.165) is 11.5 Å². The first-order chi connectivity index (χ1) is 14.8. The molecule has 3 rings (SSSR count). The number of nitrogens with zero attached hydrogens (tertiary/aromatic N) is 4. The SMILES string of the molecule is CC(=O)O.NC(CC(=O)N1CCn2c(nnc2C(F)(F)F)C1)Cc1cc(F)c(F)cc1F. The second kappa shape index (κ2) is 9.97. The Labute approximate surface area is 177 Å². The van der Waals surface area contributed by atoms with Crippen LogP contribution in [-0.2, 0) is 35.3 Å². The van der Waals surface area contributed by atoms with E-state index in [0.29, 0.717) is 12.1 Å². The summed E-state index contributed by atoms with van der Waals surface area (Å²) in [7, 11) is 0.